The Balaban J connectivity index is 0.000000845. The summed E-state index contributed by atoms with van der Waals surface area (Å²) in [4.78, 5) is 13.2. The Bertz CT molecular complexity index is 666. The predicted octanol–water partition coefficient (Wildman–Crippen LogP) is 2.38. The highest BCUT2D eigenvalue weighted by Gasteiger charge is 2.09. The smallest absolute Gasteiger partial charge is 0.292 e. The van der Waals surface area contributed by atoms with Crippen LogP contribution in [0, 0.1) is 6.92 Å². The number of hydrogen-bond donors (Lipinski definition) is 2. The molecule has 0 aromatic carbocycles. The van der Waals surface area contributed by atoms with Crippen molar-refractivity contribution in [2.75, 3.05) is 13.7 Å². The van der Waals surface area contributed by atoms with Crippen LogP contribution in [0.5, 0.6) is 0 Å². The molecule has 0 aliphatic heterocycles. The first-order valence-electron chi connectivity index (χ1n) is 8.04. The third kappa shape index (κ3) is 6.76. The van der Waals surface area contributed by atoms with Gasteiger partial charge in [-0.1, -0.05) is 13.8 Å². The zero-order chi connectivity index (χ0) is 19.2. The number of rotatable bonds is 5. The fourth-order valence-electron chi connectivity index (χ4n) is 1.95. The van der Waals surface area contributed by atoms with Crippen LogP contribution in [0.25, 0.3) is 16.7 Å². The van der Waals surface area contributed by atoms with Gasteiger partial charge in [-0.15, -0.1) is 0 Å². The molecule has 138 valence electrons. The molecule has 0 radical (unpaired) electrons. The van der Waals surface area contributed by atoms with Crippen LogP contribution in [-0.4, -0.2) is 40.1 Å². The third-order valence-corrected chi connectivity index (χ3v) is 3.24. The van der Waals surface area contributed by atoms with E-state index in [4.69, 9.17) is 15.6 Å². The number of allylic oxidation sites excluding steroid dienone is 1. The molecular weight excluding hydrogens is 320 g/mol. The second-order valence-corrected chi connectivity index (χ2v) is 4.70. The van der Waals surface area contributed by atoms with E-state index < -0.39 is 0 Å². The minimum atomic E-state index is 0.0819. The zero-order valence-corrected chi connectivity index (χ0v) is 15.6. The molecule has 0 amide bonds. The number of aliphatic hydroxyl groups excluding tert-OH is 1. The lowest BCUT2D eigenvalue weighted by Gasteiger charge is -2.05. The molecule has 0 bridgehead atoms. The molecule has 0 fully saturated rings. The molecule has 0 spiro atoms. The number of carbonyl (C=O) groups excluding carboxylic acids is 1. The van der Waals surface area contributed by atoms with Crippen molar-refractivity contribution < 1.29 is 14.6 Å². The highest BCUT2D eigenvalue weighted by molar-refractivity contribution is 5.70. The van der Waals surface area contributed by atoms with Crippen LogP contribution in [0.3, 0.4) is 0 Å². The van der Waals surface area contributed by atoms with E-state index in [1.54, 1.807) is 17.1 Å². The second kappa shape index (κ2) is 12.7. The Labute approximate surface area is 149 Å². The molecule has 0 atom stereocenters. The maximum Gasteiger partial charge on any atom is 0.292 e. The maximum absolute atomic E-state index is 8.98. The first-order valence-corrected chi connectivity index (χ1v) is 8.04. The van der Waals surface area contributed by atoms with Gasteiger partial charge < -0.3 is 15.6 Å². The van der Waals surface area contributed by atoms with Crippen molar-refractivity contribution in [1.29, 1.82) is 0 Å². The zero-order valence-electron chi connectivity index (χ0n) is 15.6. The minimum absolute atomic E-state index is 0.0819. The van der Waals surface area contributed by atoms with Gasteiger partial charge in [0.2, 0.25) is 0 Å². The number of pyridine rings is 1. The first-order chi connectivity index (χ1) is 12.1. The molecule has 0 aliphatic carbocycles. The van der Waals surface area contributed by atoms with Crippen molar-refractivity contribution in [3.63, 3.8) is 0 Å². The lowest BCUT2D eigenvalue weighted by atomic mass is 10.1. The molecule has 0 aliphatic rings. The van der Waals surface area contributed by atoms with Gasteiger partial charge in [-0.05, 0) is 43.3 Å². The van der Waals surface area contributed by atoms with E-state index in [0.29, 0.717) is 13.0 Å². The van der Waals surface area contributed by atoms with Gasteiger partial charge in [-0.25, -0.2) is 0 Å². The van der Waals surface area contributed by atoms with E-state index >= 15 is 0 Å². The standard InChI is InChI=1S/C14H18N4O.C2H4O2.C2H6/c1-10(8-15)14-7-12(3-4-16-14)13-9-17-18(5-6-19)11(13)2;1-4-2-3;1-2/h3-4,7-9,19H,5-6,15H2,1-2H3;2H,1H3;1-2H3/b10-8-;;. The fourth-order valence-corrected chi connectivity index (χ4v) is 1.95. The fraction of sp³-hybridized carbons (Fsp3) is 0.389. The van der Waals surface area contributed by atoms with Crippen molar-refractivity contribution >= 4 is 12.0 Å². The van der Waals surface area contributed by atoms with Crippen molar-refractivity contribution in [2.45, 2.75) is 34.2 Å². The number of hydrogen-bond acceptors (Lipinski definition) is 6. The SMILES string of the molecule is C/C(=C/N)c1cc(-c2cnn(CCO)c2C)ccn1.CC.COC=O. The number of nitrogens with zero attached hydrogens (tertiary/aromatic N) is 3. The van der Waals surface area contributed by atoms with Gasteiger partial charge in [-0.3, -0.25) is 14.5 Å². The topological polar surface area (TPSA) is 103 Å². The van der Waals surface area contributed by atoms with Crippen LogP contribution in [0.4, 0.5) is 0 Å². The predicted molar refractivity (Wildman–Crippen MR) is 99.5 cm³/mol. The summed E-state index contributed by atoms with van der Waals surface area (Å²) in [5.74, 6) is 0. The quantitative estimate of drug-likeness (QED) is 0.804. The first kappa shape index (κ1) is 22.3. The molecule has 7 heteroatoms. The molecular formula is C18H28N4O3. The number of aromatic nitrogens is 3. The maximum atomic E-state index is 8.98. The molecule has 2 rings (SSSR count). The molecule has 7 nitrogen and oxygen atoms in total. The summed E-state index contributed by atoms with van der Waals surface area (Å²) in [6.45, 7) is 8.88. The van der Waals surface area contributed by atoms with Crippen LogP contribution in [-0.2, 0) is 16.1 Å². The van der Waals surface area contributed by atoms with Crippen LogP contribution < -0.4 is 5.73 Å². The Kier molecular flexibility index (Phi) is 11.4. The van der Waals surface area contributed by atoms with Gasteiger partial charge in [0.15, 0.2) is 0 Å². The summed E-state index contributed by atoms with van der Waals surface area (Å²) in [7, 11) is 1.31. The van der Waals surface area contributed by atoms with E-state index in [1.807, 2.05) is 46.0 Å². The summed E-state index contributed by atoms with van der Waals surface area (Å²) in [6.07, 6.45) is 5.13. The van der Waals surface area contributed by atoms with Crippen LogP contribution in [0.15, 0.2) is 30.7 Å². The number of ether oxygens (including phenoxy) is 1. The molecule has 2 aromatic rings. The number of methoxy groups -OCH3 is 1. The van der Waals surface area contributed by atoms with Gasteiger partial charge in [0.25, 0.3) is 6.47 Å². The number of nitrogens with two attached hydrogens (primary N) is 1. The third-order valence-electron chi connectivity index (χ3n) is 3.24. The molecule has 25 heavy (non-hydrogen) atoms. The average molecular weight is 348 g/mol. The highest BCUT2D eigenvalue weighted by atomic mass is 16.5. The van der Waals surface area contributed by atoms with Gasteiger partial charge >= 0.3 is 0 Å². The van der Waals surface area contributed by atoms with Gasteiger partial charge in [-0.2, -0.15) is 5.10 Å². The molecule has 2 aromatic heterocycles. The Morgan fingerprint density at radius 1 is 1.44 bits per heavy atom. The largest absolute Gasteiger partial charge is 0.471 e. The van der Waals surface area contributed by atoms with Crippen molar-refractivity contribution in [1.82, 2.24) is 14.8 Å². The lowest BCUT2D eigenvalue weighted by Crippen LogP contribution is -2.05. The number of aliphatic hydroxyl groups is 1. The molecule has 3 N–H and O–H groups in total. The second-order valence-electron chi connectivity index (χ2n) is 4.70. The normalized spacial score (nSPS) is 10.1. The van der Waals surface area contributed by atoms with Crippen molar-refractivity contribution in [3.05, 3.63) is 42.1 Å². The summed E-state index contributed by atoms with van der Waals surface area (Å²) < 4.78 is 5.65. The van der Waals surface area contributed by atoms with E-state index in [0.717, 1.165) is 28.1 Å². The Hall–Kier alpha value is -2.67. The summed E-state index contributed by atoms with van der Waals surface area (Å²) >= 11 is 0. The molecule has 0 unspecified atom stereocenters. The lowest BCUT2D eigenvalue weighted by molar-refractivity contribution is -0.126. The van der Waals surface area contributed by atoms with Gasteiger partial charge in [0, 0.05) is 17.5 Å². The van der Waals surface area contributed by atoms with Crippen LogP contribution in [0.2, 0.25) is 0 Å². The summed E-state index contributed by atoms with van der Waals surface area (Å²) in [5, 5.41) is 13.3. The monoisotopic (exact) mass is 348 g/mol. The van der Waals surface area contributed by atoms with Crippen LogP contribution >= 0.6 is 0 Å². The van der Waals surface area contributed by atoms with Crippen molar-refractivity contribution in [3.8, 4) is 11.1 Å². The number of carbonyl (C=O) groups is 1. The summed E-state index contributed by atoms with van der Waals surface area (Å²) in [5.41, 5.74) is 10.4. The molecule has 0 saturated carbocycles. The van der Waals surface area contributed by atoms with E-state index in [2.05, 4.69) is 14.8 Å². The molecule has 0 saturated heterocycles. The van der Waals surface area contributed by atoms with E-state index in [9.17, 15) is 0 Å². The van der Waals surface area contributed by atoms with E-state index in [-0.39, 0.29) is 6.61 Å². The molecule has 2 heterocycles. The average Bonchev–Trinajstić information content (AvgIpc) is 3.04. The Morgan fingerprint density at radius 2 is 2.08 bits per heavy atom. The Morgan fingerprint density at radius 3 is 2.60 bits per heavy atom. The van der Waals surface area contributed by atoms with Crippen molar-refractivity contribution in [2.24, 2.45) is 5.73 Å². The highest BCUT2D eigenvalue weighted by Crippen LogP contribution is 2.24. The summed E-state index contributed by atoms with van der Waals surface area (Å²) in [6, 6.07) is 3.94. The van der Waals surface area contributed by atoms with Crippen LogP contribution in [0.1, 0.15) is 32.2 Å². The minimum Gasteiger partial charge on any atom is -0.471 e. The van der Waals surface area contributed by atoms with Gasteiger partial charge in [0.1, 0.15) is 0 Å². The van der Waals surface area contributed by atoms with Gasteiger partial charge in [0.05, 0.1) is 32.2 Å². The van der Waals surface area contributed by atoms with E-state index in [1.165, 1.54) is 7.11 Å².